The molecule has 5 aliphatic rings. The lowest BCUT2D eigenvalue weighted by molar-refractivity contribution is -0.256. The SMILES string of the molecule is COCCN[C@@](C)(CO[C@H]1[C@H](n2nnc(N)n2)C[C@]2(C)COC[C@@]13C1=CC[C@@]4(C)[C@H](C(=O)O)[C@@](C)([C@H](C)C(C)C)CC[C@]4(C)[C@H]1CC[C@H]23)C(C)C. The fourth-order valence-electron chi connectivity index (χ4n) is 12.6. The molecule has 1 aromatic rings. The molecule has 12 atom stereocenters. The summed E-state index contributed by atoms with van der Waals surface area (Å²) in [5.74, 6) is 0.627. The minimum atomic E-state index is -0.640. The van der Waals surface area contributed by atoms with Crippen molar-refractivity contribution in [1.82, 2.24) is 25.5 Å². The molecule has 51 heavy (non-hydrogen) atoms. The van der Waals surface area contributed by atoms with Crippen molar-refractivity contribution < 1.29 is 24.1 Å². The van der Waals surface area contributed by atoms with E-state index in [0.29, 0.717) is 50.1 Å². The maximum absolute atomic E-state index is 13.6. The molecule has 11 heteroatoms. The molecule has 1 saturated heterocycles. The Hall–Kier alpha value is -2.08. The minimum absolute atomic E-state index is 0.127. The number of aromatic nitrogens is 4. The summed E-state index contributed by atoms with van der Waals surface area (Å²) in [4.78, 5) is 15.3. The molecule has 0 spiro atoms. The molecule has 4 N–H and O–H groups in total. The van der Waals surface area contributed by atoms with Crippen LogP contribution in [-0.2, 0) is 19.0 Å². The van der Waals surface area contributed by atoms with Gasteiger partial charge in [-0.05, 0) is 102 Å². The molecule has 4 aliphatic carbocycles. The largest absolute Gasteiger partial charge is 0.481 e. The molecule has 6 rings (SSSR count). The zero-order valence-corrected chi connectivity index (χ0v) is 33.4. The third-order valence-electron chi connectivity index (χ3n) is 16.4. The van der Waals surface area contributed by atoms with Crippen LogP contribution >= 0.6 is 0 Å². The highest BCUT2D eigenvalue weighted by molar-refractivity contribution is 5.73. The first kappa shape index (κ1) is 38.6. The van der Waals surface area contributed by atoms with Crippen LogP contribution in [0.1, 0.15) is 114 Å². The number of hydrogen-bond acceptors (Lipinski definition) is 9. The van der Waals surface area contributed by atoms with Crippen molar-refractivity contribution in [3.63, 3.8) is 0 Å². The first-order valence-electron chi connectivity index (χ1n) is 19.8. The average Bonchev–Trinajstić information content (AvgIpc) is 3.49. The number of aliphatic carboxylic acids is 1. The van der Waals surface area contributed by atoms with Crippen molar-refractivity contribution in [2.24, 2.45) is 62.6 Å². The Bertz CT molecular complexity index is 1480. The quantitative estimate of drug-likeness (QED) is 0.164. The van der Waals surface area contributed by atoms with Crippen molar-refractivity contribution >= 4 is 11.9 Å². The van der Waals surface area contributed by atoms with E-state index in [4.69, 9.17) is 19.9 Å². The fourth-order valence-corrected chi connectivity index (χ4v) is 12.6. The smallest absolute Gasteiger partial charge is 0.307 e. The molecule has 0 unspecified atom stereocenters. The average molecular weight is 713 g/mol. The summed E-state index contributed by atoms with van der Waals surface area (Å²) >= 11 is 0. The molecule has 288 valence electrons. The highest BCUT2D eigenvalue weighted by Crippen LogP contribution is 2.75. The van der Waals surface area contributed by atoms with Gasteiger partial charge in [-0.3, -0.25) is 4.79 Å². The fraction of sp³-hybridized carbons (Fsp3) is 0.900. The third-order valence-corrected chi connectivity index (χ3v) is 16.4. The maximum atomic E-state index is 13.6. The van der Waals surface area contributed by atoms with Crippen molar-refractivity contribution in [1.29, 1.82) is 0 Å². The Balaban J connectivity index is 1.49. The predicted molar refractivity (Wildman–Crippen MR) is 198 cm³/mol. The van der Waals surface area contributed by atoms with Crippen LogP contribution in [-0.4, -0.2) is 83.0 Å². The lowest BCUT2D eigenvalue weighted by atomic mass is 9.34. The second-order valence-corrected chi connectivity index (χ2v) is 19.3. The second-order valence-electron chi connectivity index (χ2n) is 19.3. The lowest BCUT2D eigenvalue weighted by Crippen LogP contribution is -2.70. The number of carboxylic acid groups (broad SMARTS) is 1. The van der Waals surface area contributed by atoms with Crippen LogP contribution in [0.25, 0.3) is 0 Å². The number of anilines is 1. The van der Waals surface area contributed by atoms with E-state index in [2.05, 4.69) is 96.0 Å². The van der Waals surface area contributed by atoms with Gasteiger partial charge in [-0.2, -0.15) is 4.80 Å². The molecule has 0 amide bonds. The summed E-state index contributed by atoms with van der Waals surface area (Å²) in [7, 11) is 1.73. The van der Waals surface area contributed by atoms with E-state index in [0.717, 1.165) is 45.1 Å². The summed E-state index contributed by atoms with van der Waals surface area (Å²) in [5, 5.41) is 28.2. The van der Waals surface area contributed by atoms with Crippen LogP contribution < -0.4 is 11.1 Å². The van der Waals surface area contributed by atoms with Gasteiger partial charge in [0.15, 0.2) is 0 Å². The normalized spacial score (nSPS) is 42.4. The van der Waals surface area contributed by atoms with Gasteiger partial charge < -0.3 is 30.4 Å². The van der Waals surface area contributed by atoms with Gasteiger partial charge in [-0.1, -0.05) is 79.1 Å². The minimum Gasteiger partial charge on any atom is -0.481 e. The van der Waals surface area contributed by atoms with Gasteiger partial charge in [0.2, 0.25) is 0 Å². The van der Waals surface area contributed by atoms with Crippen LogP contribution in [0, 0.1) is 62.6 Å². The standard InChI is InChI=1S/C40H68N6O5/c1-24(2)26(5)36(7)16-17-37(8)27-12-13-30-35(6)20-29(46-44-34(41)43-45-46)32(51-22-39(10,25(3)4)42-18-19-49-11)40(30,23-50-21-35)28(27)14-15-38(37,9)31(36)33(47)48/h14,24-27,29-32,42H,12-13,15-23H2,1-11H3,(H2,41,44)(H,47,48)/t26-,27+,29-,30-,31-,32+,35-,36-,37-,38+,39+,40+/m1/s1. The third kappa shape index (κ3) is 5.72. The second kappa shape index (κ2) is 13.3. The number of carboxylic acids is 1. The molecule has 2 bridgehead atoms. The summed E-state index contributed by atoms with van der Waals surface area (Å²) in [6, 6.07) is -0.190. The number of hydrogen-bond donors (Lipinski definition) is 3. The zero-order chi connectivity index (χ0) is 37.4. The molecular formula is C40H68N6O5. The first-order valence-corrected chi connectivity index (χ1v) is 19.8. The number of carbonyl (C=O) groups is 1. The molecule has 0 aromatic carbocycles. The molecular weight excluding hydrogens is 644 g/mol. The number of nitrogen functional groups attached to an aromatic ring is 1. The topological polar surface area (TPSA) is 147 Å². The molecule has 4 fully saturated rings. The van der Waals surface area contributed by atoms with Gasteiger partial charge in [0.1, 0.15) is 6.04 Å². The van der Waals surface area contributed by atoms with Gasteiger partial charge in [0.05, 0.1) is 38.4 Å². The Kier molecular flexibility index (Phi) is 10.1. The maximum Gasteiger partial charge on any atom is 0.307 e. The Morgan fingerprint density at radius 3 is 2.47 bits per heavy atom. The Morgan fingerprint density at radius 1 is 1.14 bits per heavy atom. The van der Waals surface area contributed by atoms with E-state index in [1.807, 2.05) is 0 Å². The molecule has 11 nitrogen and oxygen atoms in total. The Morgan fingerprint density at radius 2 is 1.86 bits per heavy atom. The van der Waals surface area contributed by atoms with Crippen molar-refractivity contribution in [2.75, 3.05) is 45.8 Å². The number of allylic oxidation sites excluding steroid dienone is 1. The van der Waals surface area contributed by atoms with Crippen LogP contribution in [0.5, 0.6) is 0 Å². The summed E-state index contributed by atoms with van der Waals surface area (Å²) in [6.07, 6.45) is 7.74. The van der Waals surface area contributed by atoms with Crippen LogP contribution in [0.15, 0.2) is 11.6 Å². The molecule has 0 radical (unpaired) electrons. The van der Waals surface area contributed by atoms with E-state index >= 15 is 0 Å². The van der Waals surface area contributed by atoms with Gasteiger partial charge in [0.25, 0.3) is 5.95 Å². The number of tetrazole rings is 1. The Labute approximate surface area is 306 Å². The van der Waals surface area contributed by atoms with Crippen molar-refractivity contribution in [3.05, 3.63) is 11.6 Å². The van der Waals surface area contributed by atoms with Crippen LogP contribution in [0.3, 0.4) is 0 Å². The van der Waals surface area contributed by atoms with Crippen LogP contribution in [0.2, 0.25) is 0 Å². The number of nitrogens with one attached hydrogen (secondary N) is 1. The summed E-state index contributed by atoms with van der Waals surface area (Å²) in [6.45, 7) is 26.0. The van der Waals surface area contributed by atoms with Gasteiger partial charge in [-0.25, -0.2) is 0 Å². The lowest BCUT2D eigenvalue weighted by Gasteiger charge is -2.71. The molecule has 3 saturated carbocycles. The van der Waals surface area contributed by atoms with E-state index < -0.39 is 22.7 Å². The predicted octanol–water partition coefficient (Wildman–Crippen LogP) is 6.42. The number of ether oxygens (including phenoxy) is 3. The van der Waals surface area contributed by atoms with E-state index in [9.17, 15) is 9.90 Å². The summed E-state index contributed by atoms with van der Waals surface area (Å²) < 4.78 is 19.5. The van der Waals surface area contributed by atoms with Gasteiger partial charge in [0, 0.05) is 24.6 Å². The first-order chi connectivity index (χ1) is 23.8. The van der Waals surface area contributed by atoms with E-state index in [1.165, 1.54) is 5.57 Å². The molecule has 1 aliphatic heterocycles. The van der Waals surface area contributed by atoms with Crippen LogP contribution in [0.4, 0.5) is 5.95 Å². The number of fused-ring (bicyclic) bond motifs is 3. The number of nitrogens with two attached hydrogens (primary N) is 1. The van der Waals surface area contributed by atoms with Crippen molar-refractivity contribution in [3.8, 4) is 0 Å². The number of methoxy groups -OCH3 is 1. The molecule has 2 heterocycles. The van der Waals surface area contributed by atoms with E-state index in [1.54, 1.807) is 11.9 Å². The number of nitrogens with zero attached hydrogens (tertiary/aromatic N) is 4. The number of rotatable bonds is 12. The monoisotopic (exact) mass is 713 g/mol. The van der Waals surface area contributed by atoms with E-state index in [-0.39, 0.29) is 45.8 Å². The highest BCUT2D eigenvalue weighted by atomic mass is 16.5. The molecule has 1 aromatic heterocycles. The van der Waals surface area contributed by atoms with Gasteiger partial charge in [-0.15, -0.1) is 5.10 Å². The zero-order valence-electron chi connectivity index (χ0n) is 33.4. The highest BCUT2D eigenvalue weighted by Gasteiger charge is 2.73. The van der Waals surface area contributed by atoms with Gasteiger partial charge >= 0.3 is 5.97 Å². The summed E-state index contributed by atoms with van der Waals surface area (Å²) in [5.41, 5.74) is 5.78. The van der Waals surface area contributed by atoms with Crippen molar-refractivity contribution in [2.45, 2.75) is 125 Å².